The Bertz CT molecular complexity index is 1120. The summed E-state index contributed by atoms with van der Waals surface area (Å²) in [4.78, 5) is 33.1. The van der Waals surface area contributed by atoms with E-state index in [9.17, 15) is 9.59 Å². The minimum Gasteiger partial charge on any atom is -0.300 e. The van der Waals surface area contributed by atoms with Gasteiger partial charge in [0.25, 0.3) is 5.91 Å². The normalized spacial score (nSPS) is 15.2. The third kappa shape index (κ3) is 5.16. The number of nitrogens with zero attached hydrogens (tertiary/aromatic N) is 2. The van der Waals surface area contributed by atoms with E-state index in [2.05, 4.69) is 10.3 Å². The zero-order valence-corrected chi connectivity index (χ0v) is 19.4. The molecular weight excluding hydrogens is 478 g/mol. The number of thiazole rings is 1. The molecule has 1 N–H and O–H groups in total. The predicted octanol–water partition coefficient (Wildman–Crippen LogP) is 5.29. The van der Waals surface area contributed by atoms with E-state index in [1.54, 1.807) is 12.3 Å². The van der Waals surface area contributed by atoms with Crippen molar-refractivity contribution in [3.05, 3.63) is 73.2 Å². The molecule has 0 unspecified atom stereocenters. The molecule has 10 heteroatoms. The third-order valence-corrected chi connectivity index (χ3v) is 7.45. The zero-order valence-electron chi connectivity index (χ0n) is 15.3. The number of thioether (sulfide) groups is 1. The average molecular weight is 492 g/mol. The minimum atomic E-state index is -0.337. The number of rotatable bonds is 6. The molecule has 1 saturated heterocycles. The number of amides is 2. The first-order valence-electron chi connectivity index (χ1n) is 8.76. The second-order valence-corrected chi connectivity index (χ2v) is 10.5. The fourth-order valence-electron chi connectivity index (χ4n) is 2.69. The lowest BCUT2D eigenvalue weighted by Gasteiger charge is -2.13. The molecule has 30 heavy (non-hydrogen) atoms. The first kappa shape index (κ1) is 21.2. The van der Waals surface area contributed by atoms with Crippen molar-refractivity contribution >= 4 is 85.6 Å². The molecule has 3 aromatic rings. The van der Waals surface area contributed by atoms with Crippen LogP contribution in [0.3, 0.4) is 0 Å². The molecule has 2 aromatic heterocycles. The Hall–Kier alpha value is -2.04. The third-order valence-electron chi connectivity index (χ3n) is 4.08. The molecule has 1 aliphatic rings. The Labute approximate surface area is 195 Å². The first-order chi connectivity index (χ1) is 14.5. The van der Waals surface area contributed by atoms with Gasteiger partial charge in [-0.25, -0.2) is 4.98 Å². The van der Waals surface area contributed by atoms with Gasteiger partial charge in [0.05, 0.1) is 4.91 Å². The van der Waals surface area contributed by atoms with Gasteiger partial charge in [0, 0.05) is 27.4 Å². The lowest BCUT2D eigenvalue weighted by atomic mass is 10.1. The van der Waals surface area contributed by atoms with Crippen LogP contribution in [0.1, 0.15) is 15.3 Å². The quantitative estimate of drug-likeness (QED) is 0.375. The molecule has 152 valence electrons. The first-order valence-corrected chi connectivity index (χ1v) is 12.1. The van der Waals surface area contributed by atoms with E-state index in [0.717, 1.165) is 15.3 Å². The Kier molecular flexibility index (Phi) is 6.64. The lowest BCUT2D eigenvalue weighted by Crippen LogP contribution is -2.36. The topological polar surface area (TPSA) is 62.3 Å². The van der Waals surface area contributed by atoms with Crippen molar-refractivity contribution in [2.45, 2.75) is 6.42 Å². The summed E-state index contributed by atoms with van der Waals surface area (Å²) in [6.07, 6.45) is 4.23. The van der Waals surface area contributed by atoms with Gasteiger partial charge in [-0.1, -0.05) is 53.8 Å². The summed E-state index contributed by atoms with van der Waals surface area (Å²) >= 11 is 15.3. The number of aromatic nitrogens is 1. The number of hydrogen-bond acceptors (Lipinski definition) is 7. The van der Waals surface area contributed by atoms with Gasteiger partial charge >= 0.3 is 0 Å². The van der Waals surface area contributed by atoms with Crippen LogP contribution in [0, 0.1) is 0 Å². The van der Waals surface area contributed by atoms with E-state index in [-0.39, 0.29) is 18.4 Å². The van der Waals surface area contributed by atoms with Gasteiger partial charge in [0.1, 0.15) is 10.9 Å². The summed E-state index contributed by atoms with van der Waals surface area (Å²) in [5, 5.41) is 5.87. The minimum absolute atomic E-state index is 0.140. The summed E-state index contributed by atoms with van der Waals surface area (Å²) in [5.41, 5.74) is 1.11. The number of thiophene rings is 1. The largest absolute Gasteiger partial charge is 0.300 e. The van der Waals surface area contributed by atoms with Crippen LogP contribution in [0.15, 0.2) is 52.9 Å². The molecule has 2 amide bonds. The van der Waals surface area contributed by atoms with Crippen LogP contribution in [0.2, 0.25) is 5.02 Å². The highest BCUT2D eigenvalue weighted by atomic mass is 35.5. The summed E-state index contributed by atoms with van der Waals surface area (Å²) in [6, 6.07) is 11.4. The number of hydrogen-bond donors (Lipinski definition) is 1. The van der Waals surface area contributed by atoms with Gasteiger partial charge in [-0.2, -0.15) is 0 Å². The molecule has 0 saturated carbocycles. The van der Waals surface area contributed by atoms with Gasteiger partial charge in [0.2, 0.25) is 5.91 Å². The monoisotopic (exact) mass is 491 g/mol. The highest BCUT2D eigenvalue weighted by Crippen LogP contribution is 2.33. The predicted molar refractivity (Wildman–Crippen MR) is 129 cm³/mol. The van der Waals surface area contributed by atoms with Crippen LogP contribution < -0.4 is 5.32 Å². The number of carbonyl (C=O) groups excluding carboxylic acids is 2. The van der Waals surface area contributed by atoms with Gasteiger partial charge in [-0.15, -0.1) is 22.7 Å². The van der Waals surface area contributed by atoms with E-state index in [0.29, 0.717) is 25.8 Å². The van der Waals surface area contributed by atoms with Gasteiger partial charge in [-0.3, -0.25) is 14.5 Å². The summed E-state index contributed by atoms with van der Waals surface area (Å²) in [7, 11) is 0. The van der Waals surface area contributed by atoms with Crippen LogP contribution in [-0.4, -0.2) is 32.6 Å². The lowest BCUT2D eigenvalue weighted by molar-refractivity contribution is -0.126. The molecule has 0 atom stereocenters. The summed E-state index contributed by atoms with van der Waals surface area (Å²) < 4.78 is 0.375. The van der Waals surface area contributed by atoms with Crippen molar-refractivity contribution in [2.24, 2.45) is 0 Å². The van der Waals surface area contributed by atoms with Crippen molar-refractivity contribution in [3.8, 4) is 0 Å². The zero-order chi connectivity index (χ0) is 21.1. The van der Waals surface area contributed by atoms with E-state index in [1.165, 1.54) is 39.3 Å². The maximum Gasteiger partial charge on any atom is 0.266 e. The molecule has 0 bridgehead atoms. The van der Waals surface area contributed by atoms with Crippen LogP contribution in [0.25, 0.3) is 6.08 Å². The molecule has 0 radical (unpaired) electrons. The summed E-state index contributed by atoms with van der Waals surface area (Å²) in [6.45, 7) is -0.140. The highest BCUT2D eigenvalue weighted by molar-refractivity contribution is 8.26. The molecule has 1 aliphatic heterocycles. The molecule has 5 nitrogen and oxygen atoms in total. The number of halogens is 1. The van der Waals surface area contributed by atoms with Gasteiger partial charge in [-0.05, 0) is 35.2 Å². The van der Waals surface area contributed by atoms with Gasteiger partial charge in [0.15, 0.2) is 5.13 Å². The number of benzene rings is 1. The smallest absolute Gasteiger partial charge is 0.266 e. The van der Waals surface area contributed by atoms with Crippen LogP contribution in [0.4, 0.5) is 5.13 Å². The van der Waals surface area contributed by atoms with Crippen molar-refractivity contribution in [2.75, 3.05) is 11.9 Å². The Morgan fingerprint density at radius 1 is 1.27 bits per heavy atom. The molecule has 0 spiro atoms. The van der Waals surface area contributed by atoms with E-state index >= 15 is 0 Å². The number of anilines is 1. The SMILES string of the molecule is O=C(CN1C(=O)C(=Cc2cccs2)SC1=S)Nc1ncc(Cc2ccc(Cl)cc2)s1. The fraction of sp³-hybridized carbons (Fsp3) is 0.100. The van der Waals surface area contributed by atoms with Crippen LogP contribution in [0.5, 0.6) is 0 Å². The highest BCUT2D eigenvalue weighted by Gasteiger charge is 2.33. The van der Waals surface area contributed by atoms with Crippen molar-refractivity contribution in [3.63, 3.8) is 0 Å². The fourth-order valence-corrected chi connectivity index (χ4v) is 5.66. The molecular formula is C20H14ClN3O2S4. The molecule has 0 aliphatic carbocycles. The second kappa shape index (κ2) is 9.40. The Balaban J connectivity index is 1.35. The standard InChI is InChI=1S/C20H14ClN3O2S4/c21-13-5-3-12(4-6-13)8-15-10-22-19(29-15)23-17(25)11-24-18(26)16(30-20(24)27)9-14-2-1-7-28-14/h1-7,9-10H,8,11H2,(H,22,23,25). The van der Waals surface area contributed by atoms with Crippen LogP contribution in [-0.2, 0) is 16.0 Å². The summed E-state index contributed by atoms with van der Waals surface area (Å²) in [5.74, 6) is -0.591. The molecule has 1 fully saturated rings. The van der Waals surface area contributed by atoms with E-state index in [1.807, 2.05) is 41.8 Å². The number of thiocarbonyl (C=S) groups is 1. The number of carbonyl (C=O) groups is 2. The Morgan fingerprint density at radius 2 is 2.07 bits per heavy atom. The maximum atomic E-state index is 12.6. The Morgan fingerprint density at radius 3 is 2.80 bits per heavy atom. The van der Waals surface area contributed by atoms with Crippen molar-refractivity contribution in [1.29, 1.82) is 0 Å². The molecule has 1 aromatic carbocycles. The van der Waals surface area contributed by atoms with Crippen LogP contribution >= 0.6 is 58.3 Å². The van der Waals surface area contributed by atoms with E-state index < -0.39 is 0 Å². The maximum absolute atomic E-state index is 12.6. The molecule has 4 rings (SSSR count). The van der Waals surface area contributed by atoms with Gasteiger partial charge < -0.3 is 5.32 Å². The van der Waals surface area contributed by atoms with Crippen molar-refractivity contribution < 1.29 is 9.59 Å². The molecule has 3 heterocycles. The second-order valence-electron chi connectivity index (χ2n) is 6.27. The van der Waals surface area contributed by atoms with Crippen molar-refractivity contribution in [1.82, 2.24) is 9.88 Å². The average Bonchev–Trinajstić information content (AvgIpc) is 3.43. The number of nitrogens with one attached hydrogen (secondary N) is 1. The van der Waals surface area contributed by atoms with E-state index in [4.69, 9.17) is 23.8 Å².